The quantitative estimate of drug-likeness (QED) is 0.715. The van der Waals surface area contributed by atoms with Crippen LogP contribution in [-0.4, -0.2) is 25.4 Å². The minimum Gasteiger partial charge on any atom is -0.316 e. The van der Waals surface area contributed by atoms with Crippen molar-refractivity contribution in [2.75, 3.05) is 13.1 Å². The monoisotopic (exact) mass is 240 g/mol. The van der Waals surface area contributed by atoms with Gasteiger partial charge in [0.25, 0.3) is 0 Å². The van der Waals surface area contributed by atoms with E-state index in [4.69, 9.17) is 0 Å². The van der Waals surface area contributed by atoms with Crippen LogP contribution in [0, 0.1) is 17.2 Å². The topological polar surface area (TPSA) is 35.8 Å². The summed E-state index contributed by atoms with van der Waals surface area (Å²) in [6.45, 7) is 1.77. The second-order valence-electron chi connectivity index (χ2n) is 4.92. The van der Waals surface area contributed by atoms with Crippen molar-refractivity contribution in [2.24, 2.45) is 5.92 Å². The van der Waals surface area contributed by atoms with Crippen LogP contribution in [0.3, 0.4) is 0 Å². The van der Waals surface area contributed by atoms with Crippen molar-refractivity contribution in [2.45, 2.75) is 44.4 Å². The first kappa shape index (κ1) is 12.5. The lowest BCUT2D eigenvalue weighted by Gasteiger charge is -2.29. The second-order valence-corrected chi connectivity index (χ2v) is 4.92. The number of hydrogen-bond donors (Lipinski definition) is 1. The van der Waals surface area contributed by atoms with Gasteiger partial charge in [0, 0.05) is 5.57 Å². The highest BCUT2D eigenvalue weighted by atomic mass is 19.2. The third-order valence-electron chi connectivity index (χ3n) is 3.81. The molecule has 0 amide bonds. The molecule has 1 saturated heterocycles. The summed E-state index contributed by atoms with van der Waals surface area (Å²) in [5.41, 5.74) is 1.89. The molecule has 0 aromatic carbocycles. The summed E-state index contributed by atoms with van der Waals surface area (Å²) < 4.78 is 26.4. The highest BCUT2D eigenvalue weighted by Gasteiger charge is 2.33. The van der Waals surface area contributed by atoms with Crippen LogP contribution in [-0.2, 0) is 0 Å². The van der Waals surface area contributed by atoms with E-state index in [0.29, 0.717) is 6.42 Å². The molecule has 4 heteroatoms. The number of nitriles is 1. The molecule has 1 saturated carbocycles. The third kappa shape index (κ3) is 2.84. The number of nitrogens with one attached hydrogen (secondary N) is 1. The molecule has 0 spiro atoms. The predicted molar refractivity (Wildman–Crippen MR) is 61.9 cm³/mol. The summed E-state index contributed by atoms with van der Waals surface area (Å²) in [7, 11) is 0. The Hall–Kier alpha value is -0.950. The van der Waals surface area contributed by atoms with E-state index in [-0.39, 0.29) is 18.8 Å². The summed E-state index contributed by atoms with van der Waals surface area (Å²) in [6, 6.07) is 2.24. The molecule has 0 radical (unpaired) electrons. The van der Waals surface area contributed by atoms with E-state index >= 15 is 0 Å². The van der Waals surface area contributed by atoms with Crippen LogP contribution < -0.4 is 5.32 Å². The maximum atomic E-state index is 13.4. The van der Waals surface area contributed by atoms with Gasteiger partial charge in [-0.05, 0) is 51.1 Å². The molecule has 1 N–H and O–H groups in total. The van der Waals surface area contributed by atoms with E-state index in [9.17, 15) is 14.0 Å². The summed E-state index contributed by atoms with van der Waals surface area (Å²) in [4.78, 5) is 0. The van der Waals surface area contributed by atoms with E-state index in [2.05, 4.69) is 11.4 Å². The molecular formula is C13H18F2N2. The van der Waals surface area contributed by atoms with Gasteiger partial charge in [-0.2, -0.15) is 5.26 Å². The fourth-order valence-corrected chi connectivity index (χ4v) is 2.80. The molecule has 0 aromatic rings. The Bertz CT molecular complexity index is 338. The fourth-order valence-electron chi connectivity index (χ4n) is 2.80. The minimum absolute atomic E-state index is 0.0601. The van der Waals surface area contributed by atoms with Gasteiger partial charge >= 0.3 is 0 Å². The highest BCUT2D eigenvalue weighted by molar-refractivity contribution is 5.32. The molecule has 1 aliphatic heterocycles. The van der Waals surface area contributed by atoms with Crippen molar-refractivity contribution >= 4 is 0 Å². The number of allylic oxidation sites excluding steroid dienone is 1. The SMILES string of the molecule is N#CC(=C1CCNCC1)C1CCC(F)C(F)C1. The third-order valence-corrected chi connectivity index (χ3v) is 3.81. The minimum atomic E-state index is -1.39. The summed E-state index contributed by atoms with van der Waals surface area (Å²) in [5.74, 6) is -0.0601. The molecule has 3 unspecified atom stereocenters. The first-order valence-corrected chi connectivity index (χ1v) is 6.33. The molecule has 2 aliphatic rings. The van der Waals surface area contributed by atoms with Crippen molar-refractivity contribution in [1.82, 2.24) is 5.32 Å². The van der Waals surface area contributed by atoms with Crippen molar-refractivity contribution in [3.05, 3.63) is 11.1 Å². The van der Waals surface area contributed by atoms with Crippen molar-refractivity contribution < 1.29 is 8.78 Å². The van der Waals surface area contributed by atoms with Crippen molar-refractivity contribution in [1.29, 1.82) is 5.26 Å². The van der Waals surface area contributed by atoms with E-state index in [1.807, 2.05) is 0 Å². The van der Waals surface area contributed by atoms with E-state index < -0.39 is 12.3 Å². The van der Waals surface area contributed by atoms with Crippen molar-refractivity contribution in [3.63, 3.8) is 0 Å². The highest BCUT2D eigenvalue weighted by Crippen LogP contribution is 2.35. The maximum absolute atomic E-state index is 13.4. The fraction of sp³-hybridized carbons (Fsp3) is 0.769. The number of nitrogens with zero attached hydrogens (tertiary/aromatic N) is 1. The van der Waals surface area contributed by atoms with E-state index in [0.717, 1.165) is 37.1 Å². The molecule has 0 bridgehead atoms. The van der Waals surface area contributed by atoms with Gasteiger partial charge in [0.1, 0.15) is 12.3 Å². The lowest BCUT2D eigenvalue weighted by molar-refractivity contribution is 0.0996. The van der Waals surface area contributed by atoms with Crippen LogP contribution in [0.25, 0.3) is 0 Å². The van der Waals surface area contributed by atoms with Crippen molar-refractivity contribution in [3.8, 4) is 6.07 Å². The second kappa shape index (κ2) is 5.59. The summed E-state index contributed by atoms with van der Waals surface area (Å²) in [5, 5.41) is 12.5. The number of alkyl halides is 2. The van der Waals surface area contributed by atoms with Crippen LogP contribution in [0.2, 0.25) is 0 Å². The zero-order chi connectivity index (χ0) is 12.3. The average Bonchev–Trinajstić information content (AvgIpc) is 2.36. The molecular weight excluding hydrogens is 222 g/mol. The van der Waals surface area contributed by atoms with Gasteiger partial charge < -0.3 is 5.32 Å². The van der Waals surface area contributed by atoms with Gasteiger partial charge in [-0.1, -0.05) is 5.57 Å². The van der Waals surface area contributed by atoms with Gasteiger partial charge in [-0.25, -0.2) is 8.78 Å². The Morgan fingerprint density at radius 3 is 2.47 bits per heavy atom. The molecule has 2 nitrogen and oxygen atoms in total. The van der Waals surface area contributed by atoms with Crippen LogP contribution in [0.5, 0.6) is 0 Å². The van der Waals surface area contributed by atoms with Gasteiger partial charge in [0.05, 0.1) is 6.07 Å². The molecule has 3 atom stereocenters. The van der Waals surface area contributed by atoms with Gasteiger partial charge in [-0.3, -0.25) is 0 Å². The molecule has 1 aliphatic carbocycles. The predicted octanol–water partition coefficient (Wildman–Crippen LogP) is 2.67. The normalized spacial score (nSPS) is 34.2. The lowest BCUT2D eigenvalue weighted by Crippen LogP contribution is -2.30. The number of halogens is 2. The van der Waals surface area contributed by atoms with Crippen LogP contribution in [0.1, 0.15) is 32.1 Å². The first-order valence-electron chi connectivity index (χ1n) is 6.33. The Balaban J connectivity index is 2.11. The Morgan fingerprint density at radius 1 is 1.18 bits per heavy atom. The molecule has 2 rings (SSSR count). The molecule has 17 heavy (non-hydrogen) atoms. The van der Waals surface area contributed by atoms with E-state index in [1.165, 1.54) is 0 Å². The number of rotatable bonds is 1. The Morgan fingerprint density at radius 2 is 1.88 bits per heavy atom. The van der Waals surface area contributed by atoms with Gasteiger partial charge in [-0.15, -0.1) is 0 Å². The zero-order valence-corrected chi connectivity index (χ0v) is 9.88. The summed E-state index contributed by atoms with van der Waals surface area (Å²) in [6.07, 6.45) is 0.0686. The van der Waals surface area contributed by atoms with Crippen LogP contribution in [0.4, 0.5) is 8.78 Å². The smallest absolute Gasteiger partial charge is 0.132 e. The largest absolute Gasteiger partial charge is 0.316 e. The maximum Gasteiger partial charge on any atom is 0.132 e. The van der Waals surface area contributed by atoms with E-state index in [1.54, 1.807) is 0 Å². The first-order chi connectivity index (χ1) is 8.22. The molecule has 0 aromatic heterocycles. The number of piperidine rings is 1. The average molecular weight is 240 g/mol. The standard InChI is InChI=1S/C13H18F2N2/c14-12-2-1-10(7-13(12)15)11(8-16)9-3-5-17-6-4-9/h10,12-13,17H,1-7H2. The van der Waals surface area contributed by atoms with Gasteiger partial charge in [0.15, 0.2) is 0 Å². The Kier molecular flexibility index (Phi) is 4.11. The lowest BCUT2D eigenvalue weighted by atomic mass is 9.79. The number of hydrogen-bond acceptors (Lipinski definition) is 2. The van der Waals surface area contributed by atoms with Crippen LogP contribution in [0.15, 0.2) is 11.1 Å². The Labute approximate surface area is 101 Å². The molecule has 2 fully saturated rings. The summed E-state index contributed by atoms with van der Waals surface area (Å²) >= 11 is 0. The zero-order valence-electron chi connectivity index (χ0n) is 9.88. The van der Waals surface area contributed by atoms with Gasteiger partial charge in [0.2, 0.25) is 0 Å². The molecule has 1 heterocycles. The van der Waals surface area contributed by atoms with Crippen LogP contribution >= 0.6 is 0 Å². The molecule has 94 valence electrons.